The Bertz CT molecular complexity index is 534. The van der Waals surface area contributed by atoms with E-state index < -0.39 is 12.1 Å². The van der Waals surface area contributed by atoms with E-state index in [9.17, 15) is 9.59 Å². The molecule has 22 heavy (non-hydrogen) atoms. The van der Waals surface area contributed by atoms with Crippen LogP contribution in [0.4, 0.5) is 0 Å². The highest BCUT2D eigenvalue weighted by Crippen LogP contribution is 2.28. The Hall–Kier alpha value is -1.46. The first kappa shape index (κ1) is 18.6. The van der Waals surface area contributed by atoms with E-state index in [1.807, 2.05) is 13.8 Å². The minimum absolute atomic E-state index is 0.293. The highest BCUT2D eigenvalue weighted by Gasteiger charge is 2.19. The third-order valence-corrected chi connectivity index (χ3v) is 3.11. The summed E-state index contributed by atoms with van der Waals surface area (Å²) in [5.41, 5.74) is 0. The monoisotopic (exact) mass is 347 g/mol. The van der Waals surface area contributed by atoms with Crippen LogP contribution in [0.3, 0.4) is 0 Å². The van der Waals surface area contributed by atoms with Gasteiger partial charge in [0.15, 0.2) is 12.7 Å². The van der Waals surface area contributed by atoms with E-state index >= 15 is 0 Å². The molecule has 0 saturated carbocycles. The van der Waals surface area contributed by atoms with Crippen molar-refractivity contribution in [3.63, 3.8) is 0 Å². The predicted octanol–water partition coefficient (Wildman–Crippen LogP) is 3.08. The van der Waals surface area contributed by atoms with Crippen LogP contribution >= 0.6 is 23.2 Å². The van der Waals surface area contributed by atoms with Gasteiger partial charge in [-0.25, -0.2) is 4.79 Å². The summed E-state index contributed by atoms with van der Waals surface area (Å²) in [4.78, 5) is 23.2. The van der Waals surface area contributed by atoms with Gasteiger partial charge in [-0.15, -0.1) is 0 Å². The highest BCUT2D eigenvalue weighted by atomic mass is 35.5. The summed E-state index contributed by atoms with van der Waals surface area (Å²) in [5, 5.41) is 3.41. The number of halogens is 2. The van der Waals surface area contributed by atoms with Crippen molar-refractivity contribution in [1.29, 1.82) is 0 Å². The van der Waals surface area contributed by atoms with Gasteiger partial charge in [0.1, 0.15) is 5.75 Å². The summed E-state index contributed by atoms with van der Waals surface area (Å²) in [6.45, 7) is 5.64. The van der Waals surface area contributed by atoms with Crippen LogP contribution in [0, 0.1) is 5.92 Å². The molecular formula is C15H19Cl2NO4. The number of benzene rings is 1. The molecule has 0 heterocycles. The van der Waals surface area contributed by atoms with Gasteiger partial charge in [0.2, 0.25) is 0 Å². The van der Waals surface area contributed by atoms with Crippen LogP contribution in [0.15, 0.2) is 18.2 Å². The number of rotatable bonds is 7. The van der Waals surface area contributed by atoms with Gasteiger partial charge < -0.3 is 14.8 Å². The third-order valence-electron chi connectivity index (χ3n) is 2.58. The number of ether oxygens (including phenoxy) is 2. The van der Waals surface area contributed by atoms with Gasteiger partial charge in [-0.05, 0) is 31.0 Å². The minimum atomic E-state index is -0.892. The highest BCUT2D eigenvalue weighted by molar-refractivity contribution is 6.35. The summed E-state index contributed by atoms with van der Waals surface area (Å²) in [7, 11) is 0. The summed E-state index contributed by atoms with van der Waals surface area (Å²) in [5.74, 6) is -0.349. The zero-order valence-corrected chi connectivity index (χ0v) is 14.2. The molecule has 1 aromatic carbocycles. The van der Waals surface area contributed by atoms with Gasteiger partial charge in [0.25, 0.3) is 5.91 Å². The molecule has 0 fully saturated rings. The number of nitrogens with one attached hydrogen (secondary N) is 1. The number of hydrogen-bond acceptors (Lipinski definition) is 4. The molecule has 5 nitrogen and oxygen atoms in total. The molecule has 1 atom stereocenters. The molecule has 1 aromatic rings. The second-order valence-corrected chi connectivity index (χ2v) is 5.98. The van der Waals surface area contributed by atoms with Crippen LogP contribution in [-0.2, 0) is 14.3 Å². The lowest BCUT2D eigenvalue weighted by Crippen LogP contribution is -2.34. The maximum Gasteiger partial charge on any atom is 0.347 e. The van der Waals surface area contributed by atoms with Crippen LogP contribution in [0.1, 0.15) is 20.8 Å². The molecule has 0 spiro atoms. The maximum absolute atomic E-state index is 11.8. The first-order chi connectivity index (χ1) is 10.3. The van der Waals surface area contributed by atoms with Crippen LogP contribution in [0.25, 0.3) is 0 Å². The molecule has 7 heteroatoms. The zero-order valence-electron chi connectivity index (χ0n) is 12.7. The Morgan fingerprint density at radius 1 is 1.23 bits per heavy atom. The lowest BCUT2D eigenvalue weighted by molar-refractivity contribution is -0.154. The summed E-state index contributed by atoms with van der Waals surface area (Å²) in [6, 6.07) is 4.67. The zero-order chi connectivity index (χ0) is 16.7. The van der Waals surface area contributed by atoms with E-state index in [-0.39, 0.29) is 12.5 Å². The second-order valence-electron chi connectivity index (χ2n) is 5.14. The van der Waals surface area contributed by atoms with Crippen molar-refractivity contribution in [2.75, 3.05) is 13.2 Å². The van der Waals surface area contributed by atoms with Gasteiger partial charge in [0, 0.05) is 11.6 Å². The Morgan fingerprint density at radius 3 is 2.50 bits per heavy atom. The van der Waals surface area contributed by atoms with Gasteiger partial charge in [-0.2, -0.15) is 0 Å². The molecular weight excluding hydrogens is 329 g/mol. The van der Waals surface area contributed by atoms with Crippen molar-refractivity contribution in [1.82, 2.24) is 5.32 Å². The number of amides is 1. The van der Waals surface area contributed by atoms with Gasteiger partial charge in [-0.1, -0.05) is 37.0 Å². The number of carbonyl (C=O) groups excluding carboxylic acids is 2. The fourth-order valence-electron chi connectivity index (χ4n) is 1.43. The van der Waals surface area contributed by atoms with Crippen LogP contribution < -0.4 is 10.1 Å². The first-order valence-electron chi connectivity index (χ1n) is 6.84. The predicted molar refractivity (Wildman–Crippen MR) is 85.4 cm³/mol. The Morgan fingerprint density at radius 2 is 1.91 bits per heavy atom. The number of carbonyl (C=O) groups is 2. The lowest BCUT2D eigenvalue weighted by Gasteiger charge is -2.15. The van der Waals surface area contributed by atoms with E-state index in [2.05, 4.69) is 5.32 Å². The van der Waals surface area contributed by atoms with Gasteiger partial charge >= 0.3 is 5.97 Å². The van der Waals surface area contributed by atoms with E-state index in [0.29, 0.717) is 28.3 Å². The van der Waals surface area contributed by atoms with Crippen LogP contribution in [0.2, 0.25) is 10.0 Å². The maximum atomic E-state index is 11.8. The average molecular weight is 348 g/mol. The Kier molecular flexibility index (Phi) is 7.48. The molecule has 1 rings (SSSR count). The molecule has 0 radical (unpaired) electrons. The molecule has 0 unspecified atom stereocenters. The molecule has 1 amide bonds. The largest absolute Gasteiger partial charge is 0.477 e. The molecule has 0 aliphatic rings. The second kappa shape index (κ2) is 8.86. The van der Waals surface area contributed by atoms with E-state index in [1.165, 1.54) is 13.0 Å². The molecule has 122 valence electrons. The molecule has 0 aliphatic heterocycles. The Labute approximate surface area is 139 Å². The molecule has 0 aliphatic carbocycles. The quantitative estimate of drug-likeness (QED) is 0.769. The van der Waals surface area contributed by atoms with Crippen molar-refractivity contribution in [2.24, 2.45) is 5.92 Å². The van der Waals surface area contributed by atoms with Crippen molar-refractivity contribution in [3.8, 4) is 5.75 Å². The topological polar surface area (TPSA) is 64.6 Å². The van der Waals surface area contributed by atoms with Crippen LogP contribution in [-0.4, -0.2) is 31.1 Å². The average Bonchev–Trinajstić information content (AvgIpc) is 2.45. The van der Waals surface area contributed by atoms with E-state index in [4.69, 9.17) is 32.7 Å². The smallest absolute Gasteiger partial charge is 0.347 e. The first-order valence-corrected chi connectivity index (χ1v) is 7.60. The summed E-state index contributed by atoms with van der Waals surface area (Å²) >= 11 is 11.7. The number of hydrogen-bond donors (Lipinski definition) is 1. The van der Waals surface area contributed by atoms with Crippen molar-refractivity contribution < 1.29 is 19.1 Å². The summed E-state index contributed by atoms with van der Waals surface area (Å²) < 4.78 is 10.3. The Balaban J connectivity index is 2.43. The SMILES string of the molecule is CC(C)CNC(=O)COC(=O)[C@@H](C)Oc1ccc(Cl)cc1Cl. The van der Waals surface area contributed by atoms with Crippen molar-refractivity contribution in [3.05, 3.63) is 28.2 Å². The van der Waals surface area contributed by atoms with E-state index in [0.717, 1.165) is 0 Å². The summed E-state index contributed by atoms with van der Waals surface area (Å²) in [6.07, 6.45) is -0.892. The lowest BCUT2D eigenvalue weighted by atomic mass is 10.2. The van der Waals surface area contributed by atoms with Gasteiger partial charge in [0.05, 0.1) is 5.02 Å². The molecule has 1 N–H and O–H groups in total. The minimum Gasteiger partial charge on any atom is -0.477 e. The third kappa shape index (κ3) is 6.54. The molecule has 0 bridgehead atoms. The van der Waals surface area contributed by atoms with E-state index in [1.54, 1.807) is 12.1 Å². The molecule has 0 aromatic heterocycles. The van der Waals surface area contributed by atoms with Crippen molar-refractivity contribution >= 4 is 35.1 Å². The van der Waals surface area contributed by atoms with Crippen LogP contribution in [0.5, 0.6) is 5.75 Å². The van der Waals surface area contributed by atoms with Crippen molar-refractivity contribution in [2.45, 2.75) is 26.9 Å². The molecule has 0 saturated heterocycles. The van der Waals surface area contributed by atoms with Gasteiger partial charge in [-0.3, -0.25) is 4.79 Å². The number of esters is 1. The fourth-order valence-corrected chi connectivity index (χ4v) is 1.89. The standard InChI is InChI=1S/C15H19Cl2NO4/c1-9(2)7-18-14(19)8-21-15(20)10(3)22-13-5-4-11(16)6-12(13)17/h4-6,9-10H,7-8H2,1-3H3,(H,18,19)/t10-/m1/s1. The fraction of sp³-hybridized carbons (Fsp3) is 0.467. The normalized spacial score (nSPS) is 11.9.